The summed E-state index contributed by atoms with van der Waals surface area (Å²) in [5, 5.41) is 3.83. The molecule has 0 aliphatic rings. The molecule has 106 valence electrons. The van der Waals surface area contributed by atoms with Gasteiger partial charge in [-0.25, -0.2) is 0 Å². The first-order valence-electron chi connectivity index (χ1n) is 6.68. The predicted octanol–water partition coefficient (Wildman–Crippen LogP) is 4.84. The second-order valence-electron chi connectivity index (χ2n) is 4.69. The molecule has 0 saturated carbocycles. The molecule has 1 unspecified atom stereocenters. The van der Waals surface area contributed by atoms with Crippen LogP contribution >= 0.6 is 11.6 Å². The second-order valence-corrected chi connectivity index (χ2v) is 5.10. The first kappa shape index (κ1) is 14.5. The number of para-hydroxylation sites is 1. The molecule has 1 atom stereocenters. The van der Waals surface area contributed by atoms with E-state index in [1.807, 2.05) is 43.3 Å². The molecule has 0 radical (unpaired) electrons. The van der Waals surface area contributed by atoms with Gasteiger partial charge in [-0.05, 0) is 37.6 Å². The Morgan fingerprint density at radius 3 is 2.70 bits per heavy atom. The minimum absolute atomic E-state index is 0.190. The van der Waals surface area contributed by atoms with E-state index >= 15 is 0 Å². The van der Waals surface area contributed by atoms with Gasteiger partial charge in [0, 0.05) is 11.8 Å². The van der Waals surface area contributed by atoms with E-state index in [-0.39, 0.29) is 6.10 Å². The summed E-state index contributed by atoms with van der Waals surface area (Å²) in [6, 6.07) is 13.2. The molecule has 3 nitrogen and oxygen atoms in total. The van der Waals surface area contributed by atoms with Crippen molar-refractivity contribution >= 4 is 28.7 Å². The monoisotopic (exact) mass is 290 g/mol. The number of halogens is 1. The van der Waals surface area contributed by atoms with Crippen LogP contribution in [0.5, 0.6) is 5.75 Å². The van der Waals surface area contributed by atoms with Crippen LogP contribution in [0.15, 0.2) is 42.5 Å². The number of ether oxygens (including phenoxy) is 1. The van der Waals surface area contributed by atoms with E-state index in [2.05, 4.69) is 12.2 Å². The zero-order valence-corrected chi connectivity index (χ0v) is 12.4. The summed E-state index contributed by atoms with van der Waals surface area (Å²) < 4.78 is 5.80. The van der Waals surface area contributed by atoms with Crippen molar-refractivity contribution in [2.45, 2.75) is 26.4 Å². The number of hydrogen-bond acceptors (Lipinski definition) is 3. The number of hydrogen-bond donors (Lipinski definition) is 2. The van der Waals surface area contributed by atoms with E-state index in [0.717, 1.165) is 23.5 Å². The molecule has 0 aliphatic heterocycles. The molecular weight excluding hydrogens is 272 g/mol. The number of rotatable bonds is 5. The zero-order chi connectivity index (χ0) is 14.5. The first-order valence-corrected chi connectivity index (χ1v) is 7.05. The summed E-state index contributed by atoms with van der Waals surface area (Å²) >= 11 is 6.15. The average molecular weight is 291 g/mol. The predicted molar refractivity (Wildman–Crippen MR) is 86.0 cm³/mol. The van der Waals surface area contributed by atoms with Crippen LogP contribution in [0.25, 0.3) is 0 Å². The molecule has 0 aliphatic carbocycles. The minimum atomic E-state index is 0.190. The van der Waals surface area contributed by atoms with Crippen LogP contribution in [0, 0.1) is 0 Å². The van der Waals surface area contributed by atoms with Crippen LogP contribution in [-0.4, -0.2) is 6.10 Å². The molecule has 0 aromatic heterocycles. The fourth-order valence-corrected chi connectivity index (χ4v) is 2.01. The maximum atomic E-state index is 6.15. The molecule has 2 rings (SSSR count). The number of benzene rings is 2. The number of nitrogens with two attached hydrogens (primary N) is 1. The highest BCUT2D eigenvalue weighted by molar-refractivity contribution is 6.34. The summed E-state index contributed by atoms with van der Waals surface area (Å²) in [6.45, 7) is 4.14. The van der Waals surface area contributed by atoms with Gasteiger partial charge in [0.25, 0.3) is 0 Å². The minimum Gasteiger partial charge on any atom is -0.491 e. The van der Waals surface area contributed by atoms with Crippen LogP contribution in [0.1, 0.15) is 20.3 Å². The Labute approximate surface area is 124 Å². The lowest BCUT2D eigenvalue weighted by Gasteiger charge is -2.15. The van der Waals surface area contributed by atoms with Gasteiger partial charge in [-0.1, -0.05) is 30.7 Å². The van der Waals surface area contributed by atoms with E-state index in [9.17, 15) is 0 Å². The van der Waals surface area contributed by atoms with Crippen LogP contribution in [0.3, 0.4) is 0 Å². The Morgan fingerprint density at radius 2 is 2.00 bits per heavy atom. The summed E-state index contributed by atoms with van der Waals surface area (Å²) in [5.74, 6) is 0.829. The van der Waals surface area contributed by atoms with Crippen LogP contribution in [0.4, 0.5) is 17.1 Å². The van der Waals surface area contributed by atoms with Crippen molar-refractivity contribution in [1.82, 2.24) is 0 Å². The molecule has 4 heteroatoms. The molecule has 2 aromatic rings. The molecule has 0 heterocycles. The Morgan fingerprint density at radius 1 is 1.25 bits per heavy atom. The summed E-state index contributed by atoms with van der Waals surface area (Å²) in [6.07, 6.45) is 1.16. The number of nitrogen functional groups attached to an aromatic ring is 1. The van der Waals surface area contributed by atoms with Gasteiger partial charge in [0.1, 0.15) is 5.75 Å². The van der Waals surface area contributed by atoms with E-state index in [1.165, 1.54) is 0 Å². The van der Waals surface area contributed by atoms with Crippen molar-refractivity contribution in [1.29, 1.82) is 0 Å². The highest BCUT2D eigenvalue weighted by atomic mass is 35.5. The lowest BCUT2D eigenvalue weighted by atomic mass is 10.2. The summed E-state index contributed by atoms with van der Waals surface area (Å²) in [5.41, 5.74) is 8.16. The molecule has 20 heavy (non-hydrogen) atoms. The van der Waals surface area contributed by atoms with E-state index in [0.29, 0.717) is 10.7 Å². The summed E-state index contributed by atoms with van der Waals surface area (Å²) in [4.78, 5) is 0. The quantitative estimate of drug-likeness (QED) is 0.774. The van der Waals surface area contributed by atoms with Crippen molar-refractivity contribution < 1.29 is 4.74 Å². The van der Waals surface area contributed by atoms with Gasteiger partial charge in [-0.3, -0.25) is 0 Å². The third-order valence-electron chi connectivity index (χ3n) is 3.06. The smallest absolute Gasteiger partial charge is 0.121 e. The van der Waals surface area contributed by atoms with Gasteiger partial charge in [0.05, 0.1) is 22.5 Å². The Hall–Kier alpha value is -1.87. The van der Waals surface area contributed by atoms with Crippen molar-refractivity contribution in [3.63, 3.8) is 0 Å². The SMILES string of the molecule is CCC(C)Oc1cccc(Nc2c(N)cccc2Cl)c1. The summed E-state index contributed by atoms with van der Waals surface area (Å²) in [7, 11) is 0. The van der Waals surface area contributed by atoms with Crippen molar-refractivity contribution in [3.8, 4) is 5.75 Å². The van der Waals surface area contributed by atoms with E-state index < -0.39 is 0 Å². The fraction of sp³-hybridized carbons (Fsp3) is 0.250. The maximum Gasteiger partial charge on any atom is 0.121 e. The van der Waals surface area contributed by atoms with Gasteiger partial charge >= 0.3 is 0 Å². The third kappa shape index (κ3) is 3.58. The van der Waals surface area contributed by atoms with Gasteiger partial charge in [0.15, 0.2) is 0 Å². The van der Waals surface area contributed by atoms with E-state index in [4.69, 9.17) is 22.1 Å². The molecule has 0 bridgehead atoms. The molecule has 3 N–H and O–H groups in total. The Kier molecular flexibility index (Phi) is 4.74. The van der Waals surface area contributed by atoms with E-state index in [1.54, 1.807) is 6.07 Å². The first-order chi connectivity index (χ1) is 9.60. The lowest BCUT2D eigenvalue weighted by Crippen LogP contribution is -2.09. The van der Waals surface area contributed by atoms with Crippen molar-refractivity contribution in [2.75, 3.05) is 11.1 Å². The molecule has 0 amide bonds. The molecule has 0 saturated heterocycles. The topological polar surface area (TPSA) is 47.3 Å². The highest BCUT2D eigenvalue weighted by Crippen LogP contribution is 2.32. The molecule has 2 aromatic carbocycles. The molecule has 0 spiro atoms. The van der Waals surface area contributed by atoms with Crippen molar-refractivity contribution in [3.05, 3.63) is 47.5 Å². The standard InChI is InChI=1S/C16H19ClN2O/c1-3-11(2)20-13-7-4-6-12(10-13)19-16-14(17)8-5-9-15(16)18/h4-11,19H,3,18H2,1-2H3. The van der Waals surface area contributed by atoms with Gasteiger partial charge in [-0.2, -0.15) is 0 Å². The largest absolute Gasteiger partial charge is 0.491 e. The molecular formula is C16H19ClN2O. The molecule has 0 fully saturated rings. The zero-order valence-electron chi connectivity index (χ0n) is 11.7. The van der Waals surface area contributed by atoms with Gasteiger partial charge in [0.2, 0.25) is 0 Å². The number of anilines is 3. The van der Waals surface area contributed by atoms with Gasteiger partial charge < -0.3 is 15.8 Å². The van der Waals surface area contributed by atoms with Crippen LogP contribution < -0.4 is 15.8 Å². The highest BCUT2D eigenvalue weighted by Gasteiger charge is 2.06. The van der Waals surface area contributed by atoms with Crippen LogP contribution in [0.2, 0.25) is 5.02 Å². The Bertz CT molecular complexity index is 566. The van der Waals surface area contributed by atoms with Gasteiger partial charge in [-0.15, -0.1) is 0 Å². The maximum absolute atomic E-state index is 6.15. The fourth-order valence-electron chi connectivity index (χ4n) is 1.78. The lowest BCUT2D eigenvalue weighted by molar-refractivity contribution is 0.217. The van der Waals surface area contributed by atoms with Crippen molar-refractivity contribution in [2.24, 2.45) is 0 Å². The average Bonchev–Trinajstić information content (AvgIpc) is 2.43. The number of nitrogens with one attached hydrogen (secondary N) is 1. The third-order valence-corrected chi connectivity index (χ3v) is 3.38. The Balaban J connectivity index is 2.20. The normalized spacial score (nSPS) is 11.9. The second kappa shape index (κ2) is 6.53. The van der Waals surface area contributed by atoms with Crippen LogP contribution in [-0.2, 0) is 0 Å².